The molecule has 0 fully saturated rings. The topological polar surface area (TPSA) is 96.9 Å². The molecule has 0 saturated heterocycles. The molecule has 0 radical (unpaired) electrons. The van der Waals surface area contributed by atoms with Crippen LogP contribution in [0.25, 0.3) is 0 Å². The zero-order valence-corrected chi connectivity index (χ0v) is 16.5. The Morgan fingerprint density at radius 2 is 1.79 bits per heavy atom. The van der Waals surface area contributed by atoms with Gasteiger partial charge in [-0.15, -0.1) is 0 Å². The second-order valence-electron chi connectivity index (χ2n) is 5.85. The summed E-state index contributed by atoms with van der Waals surface area (Å²) in [6.45, 7) is 2.72. The molecular formula is C20H22N2O5S. The smallest absolute Gasteiger partial charge is 0.335 e. The third kappa shape index (κ3) is 5.95. The molecule has 0 bridgehead atoms. The number of hydrogen-bond donors (Lipinski definition) is 3. The van der Waals surface area contributed by atoms with Gasteiger partial charge < -0.3 is 19.9 Å². The van der Waals surface area contributed by atoms with E-state index >= 15 is 0 Å². The Bertz CT molecular complexity index is 852. The van der Waals surface area contributed by atoms with Gasteiger partial charge in [0, 0.05) is 5.56 Å². The number of hydrogen-bond acceptors (Lipinski definition) is 5. The molecule has 0 aromatic heterocycles. The van der Waals surface area contributed by atoms with Crippen LogP contribution in [0.5, 0.6) is 11.5 Å². The summed E-state index contributed by atoms with van der Waals surface area (Å²) in [4.78, 5) is 23.5. The molecule has 7 nitrogen and oxygen atoms in total. The minimum Gasteiger partial charge on any atom is -0.495 e. The molecule has 0 saturated carbocycles. The molecule has 0 unspecified atom stereocenters. The molecule has 148 valence electrons. The lowest BCUT2D eigenvalue weighted by Gasteiger charge is -2.13. The second kappa shape index (κ2) is 10.3. The summed E-state index contributed by atoms with van der Waals surface area (Å²) < 4.78 is 10.7. The number of amides is 1. The number of anilines is 1. The predicted octanol–water partition coefficient (Wildman–Crippen LogP) is 3.70. The quantitative estimate of drug-likeness (QED) is 0.458. The van der Waals surface area contributed by atoms with Gasteiger partial charge in [0.05, 0.1) is 25.0 Å². The molecule has 0 spiro atoms. The van der Waals surface area contributed by atoms with Gasteiger partial charge in [-0.25, -0.2) is 4.79 Å². The predicted molar refractivity (Wildman–Crippen MR) is 110 cm³/mol. The lowest BCUT2D eigenvalue weighted by atomic mass is 10.2. The van der Waals surface area contributed by atoms with E-state index in [9.17, 15) is 9.59 Å². The Balaban J connectivity index is 2.00. The summed E-state index contributed by atoms with van der Waals surface area (Å²) >= 11 is 5.15. The van der Waals surface area contributed by atoms with Crippen LogP contribution in [-0.2, 0) is 0 Å². The molecule has 1 amide bonds. The molecule has 0 aliphatic carbocycles. The monoisotopic (exact) mass is 402 g/mol. The van der Waals surface area contributed by atoms with Gasteiger partial charge in [-0.3, -0.25) is 10.1 Å². The van der Waals surface area contributed by atoms with E-state index in [-0.39, 0.29) is 10.7 Å². The molecule has 0 heterocycles. The van der Waals surface area contributed by atoms with Crippen LogP contribution in [-0.4, -0.2) is 35.8 Å². The lowest BCUT2D eigenvalue weighted by Crippen LogP contribution is -2.34. The van der Waals surface area contributed by atoms with E-state index in [2.05, 4.69) is 17.6 Å². The number of carboxylic acids is 1. The van der Waals surface area contributed by atoms with Crippen LogP contribution in [0.4, 0.5) is 5.69 Å². The maximum atomic E-state index is 12.3. The first-order valence-corrected chi connectivity index (χ1v) is 9.12. The van der Waals surface area contributed by atoms with E-state index in [4.69, 9.17) is 26.8 Å². The van der Waals surface area contributed by atoms with Crippen LogP contribution >= 0.6 is 12.2 Å². The van der Waals surface area contributed by atoms with Crippen molar-refractivity contribution in [1.82, 2.24) is 5.32 Å². The first kappa shape index (κ1) is 21.2. The summed E-state index contributed by atoms with van der Waals surface area (Å²) in [6.07, 6.45) is 2.01. The van der Waals surface area contributed by atoms with Crippen LogP contribution in [0.3, 0.4) is 0 Å². The summed E-state index contributed by atoms with van der Waals surface area (Å²) in [5.74, 6) is -0.385. The Morgan fingerprint density at radius 1 is 1.11 bits per heavy atom. The maximum Gasteiger partial charge on any atom is 0.335 e. The zero-order chi connectivity index (χ0) is 20.5. The number of carboxylic acid groups (broad SMARTS) is 1. The van der Waals surface area contributed by atoms with E-state index in [1.807, 2.05) is 0 Å². The maximum absolute atomic E-state index is 12.3. The molecule has 3 N–H and O–H groups in total. The number of aromatic carboxylic acids is 1. The van der Waals surface area contributed by atoms with Crippen molar-refractivity contribution in [1.29, 1.82) is 0 Å². The van der Waals surface area contributed by atoms with Gasteiger partial charge in [-0.1, -0.05) is 13.3 Å². The van der Waals surface area contributed by atoms with Gasteiger partial charge in [0.1, 0.15) is 11.5 Å². The third-order valence-electron chi connectivity index (χ3n) is 3.80. The van der Waals surface area contributed by atoms with Crippen molar-refractivity contribution in [3.8, 4) is 11.5 Å². The molecule has 2 rings (SSSR count). The van der Waals surface area contributed by atoms with Crippen molar-refractivity contribution in [2.45, 2.75) is 19.8 Å². The average Bonchev–Trinajstić information content (AvgIpc) is 2.68. The van der Waals surface area contributed by atoms with Crippen LogP contribution in [0.15, 0.2) is 42.5 Å². The highest BCUT2D eigenvalue weighted by Gasteiger charge is 2.13. The number of thiocarbonyl (C=S) groups is 1. The van der Waals surface area contributed by atoms with Gasteiger partial charge in [0.15, 0.2) is 5.11 Å². The summed E-state index contributed by atoms with van der Waals surface area (Å²) in [6, 6.07) is 11.0. The first-order valence-electron chi connectivity index (χ1n) is 8.71. The third-order valence-corrected chi connectivity index (χ3v) is 4.01. The van der Waals surface area contributed by atoms with Gasteiger partial charge in [0.2, 0.25) is 0 Å². The Labute approximate surface area is 168 Å². The molecule has 0 aliphatic heterocycles. The minimum absolute atomic E-state index is 0.0223. The Hall–Kier alpha value is -3.13. The van der Waals surface area contributed by atoms with E-state index in [0.29, 0.717) is 29.4 Å². The normalized spacial score (nSPS) is 10.1. The van der Waals surface area contributed by atoms with Crippen molar-refractivity contribution in [3.05, 3.63) is 53.6 Å². The van der Waals surface area contributed by atoms with Gasteiger partial charge >= 0.3 is 5.97 Å². The lowest BCUT2D eigenvalue weighted by molar-refractivity contribution is 0.0696. The number of carbonyl (C=O) groups excluding carboxylic acids is 1. The molecule has 28 heavy (non-hydrogen) atoms. The van der Waals surface area contributed by atoms with Crippen molar-refractivity contribution >= 4 is 34.9 Å². The number of unbranched alkanes of at least 4 members (excludes halogenated alkanes) is 1. The molecule has 0 atom stereocenters. The average molecular weight is 402 g/mol. The highest BCUT2D eigenvalue weighted by molar-refractivity contribution is 7.80. The summed E-state index contributed by atoms with van der Waals surface area (Å²) in [5, 5.41) is 14.5. The number of methoxy groups -OCH3 is 1. The summed E-state index contributed by atoms with van der Waals surface area (Å²) in [7, 11) is 1.45. The van der Waals surface area contributed by atoms with Gasteiger partial charge in [-0.05, 0) is 61.1 Å². The molecular weight excluding hydrogens is 380 g/mol. The number of nitrogens with one attached hydrogen (secondary N) is 2. The van der Waals surface area contributed by atoms with E-state index in [1.165, 1.54) is 25.3 Å². The molecule has 8 heteroatoms. The first-order chi connectivity index (χ1) is 13.4. The fourth-order valence-corrected chi connectivity index (χ4v) is 2.51. The van der Waals surface area contributed by atoms with Crippen molar-refractivity contribution in [2.75, 3.05) is 19.0 Å². The Kier molecular flexibility index (Phi) is 7.76. The molecule has 2 aromatic rings. The Morgan fingerprint density at radius 3 is 2.39 bits per heavy atom. The van der Waals surface area contributed by atoms with Crippen molar-refractivity contribution in [2.24, 2.45) is 0 Å². The minimum atomic E-state index is -1.08. The second-order valence-corrected chi connectivity index (χ2v) is 6.26. The van der Waals surface area contributed by atoms with Crippen molar-refractivity contribution in [3.63, 3.8) is 0 Å². The van der Waals surface area contributed by atoms with E-state index < -0.39 is 11.9 Å². The number of carbonyl (C=O) groups is 2. The van der Waals surface area contributed by atoms with Crippen molar-refractivity contribution < 1.29 is 24.2 Å². The van der Waals surface area contributed by atoms with E-state index in [1.54, 1.807) is 24.3 Å². The molecule has 2 aromatic carbocycles. The van der Waals surface area contributed by atoms with Gasteiger partial charge in [-0.2, -0.15) is 0 Å². The highest BCUT2D eigenvalue weighted by Crippen LogP contribution is 2.25. The SMILES string of the molecule is CCCCOc1ccc(C(=O)NC(=S)Nc2cc(C(=O)O)ccc2OC)cc1. The fourth-order valence-electron chi connectivity index (χ4n) is 2.30. The fraction of sp³-hybridized carbons (Fsp3) is 0.250. The number of rotatable bonds is 8. The van der Waals surface area contributed by atoms with Crippen LogP contribution < -0.4 is 20.1 Å². The highest BCUT2D eigenvalue weighted by atomic mass is 32.1. The standard InChI is InChI=1S/C20H22N2O5S/c1-3-4-11-27-15-8-5-13(6-9-15)18(23)22-20(28)21-16-12-14(19(24)25)7-10-17(16)26-2/h5-10,12H,3-4,11H2,1-2H3,(H,24,25)(H2,21,22,23,28). The van der Waals surface area contributed by atoms with Crippen LogP contribution in [0.1, 0.15) is 40.5 Å². The van der Waals surface area contributed by atoms with Gasteiger partial charge in [0.25, 0.3) is 5.91 Å². The molecule has 0 aliphatic rings. The number of benzene rings is 2. The summed E-state index contributed by atoms with van der Waals surface area (Å²) in [5.41, 5.74) is 0.821. The number of ether oxygens (including phenoxy) is 2. The largest absolute Gasteiger partial charge is 0.495 e. The van der Waals surface area contributed by atoms with Crippen LogP contribution in [0.2, 0.25) is 0 Å². The zero-order valence-electron chi connectivity index (χ0n) is 15.7. The van der Waals surface area contributed by atoms with E-state index in [0.717, 1.165) is 12.8 Å². The van der Waals surface area contributed by atoms with Crippen LogP contribution in [0, 0.1) is 0 Å².